The molecule has 6 heteroatoms. The molecule has 2 atom stereocenters. The maximum Gasteiger partial charge on any atom is 0.337 e. The monoisotopic (exact) mass is 368 g/mol. The van der Waals surface area contributed by atoms with Gasteiger partial charge in [-0.2, -0.15) is 0 Å². The molecule has 2 N–H and O–H groups in total. The van der Waals surface area contributed by atoms with E-state index in [1.165, 1.54) is 38.5 Å². The topological polar surface area (TPSA) is 60.3 Å². The van der Waals surface area contributed by atoms with E-state index in [0.717, 1.165) is 48.8 Å². The number of nitrogens with zero attached hydrogens (tertiary/aromatic N) is 3. The average molecular weight is 369 g/mol. The first-order valence-electron chi connectivity index (χ1n) is 10.6. The highest BCUT2D eigenvalue weighted by molar-refractivity contribution is 6.46. The predicted octanol–water partition coefficient (Wildman–Crippen LogP) is 1.94. The molecule has 3 saturated heterocycles. The van der Waals surface area contributed by atoms with Crippen LogP contribution in [0.25, 0.3) is 0 Å². The number of aromatic nitrogens is 1. The fourth-order valence-electron chi connectivity index (χ4n) is 5.29. The molecule has 27 heavy (non-hydrogen) atoms. The van der Waals surface area contributed by atoms with Gasteiger partial charge in [-0.15, -0.1) is 0 Å². The zero-order chi connectivity index (χ0) is 18.4. The van der Waals surface area contributed by atoms with E-state index >= 15 is 0 Å². The van der Waals surface area contributed by atoms with Crippen molar-refractivity contribution in [2.45, 2.75) is 69.5 Å². The number of nitrogens with one attached hydrogen (secondary N) is 2. The Balaban J connectivity index is 1.29. The van der Waals surface area contributed by atoms with Crippen LogP contribution in [0.1, 0.15) is 56.9 Å². The van der Waals surface area contributed by atoms with Crippen LogP contribution in [0.3, 0.4) is 0 Å². The third kappa shape index (κ3) is 3.14. The van der Waals surface area contributed by atoms with Gasteiger partial charge in [-0.05, 0) is 49.6 Å². The van der Waals surface area contributed by atoms with Crippen LogP contribution in [0.15, 0.2) is 12.1 Å². The normalized spacial score (nSPS) is 29.8. The molecule has 1 amide bonds. The SMILES string of the molecule is C[N+]1=C(C(=O)NC2CC3CCC(C2)N3)c2ccc(N3CCCCCC3)nc21. The number of hydrogen-bond donors (Lipinski definition) is 2. The summed E-state index contributed by atoms with van der Waals surface area (Å²) in [7, 11) is 1.96. The summed E-state index contributed by atoms with van der Waals surface area (Å²) in [5.74, 6) is 2.05. The number of carbonyl (C=O) groups is 1. The highest BCUT2D eigenvalue weighted by atomic mass is 16.2. The Hall–Kier alpha value is -1.95. The first-order chi connectivity index (χ1) is 13.2. The standard InChI is InChI=1S/C21H29N5O/c1-25-19(21(27)23-16-12-14-6-7-15(13-16)22-14)17-8-9-18(24-20(17)25)26-10-4-2-3-5-11-26/h8-9,14-16,22H,2-7,10-13H2,1H3/p+1. The van der Waals surface area contributed by atoms with Crippen LogP contribution in [0.5, 0.6) is 0 Å². The van der Waals surface area contributed by atoms with Crippen molar-refractivity contribution < 1.29 is 9.37 Å². The number of hydrogen-bond acceptors (Lipinski definition) is 4. The molecular weight excluding hydrogens is 338 g/mol. The Bertz CT molecular complexity index is 769. The molecule has 4 aliphatic heterocycles. The molecule has 0 radical (unpaired) electrons. The summed E-state index contributed by atoms with van der Waals surface area (Å²) in [6.07, 6.45) is 9.73. The van der Waals surface area contributed by atoms with E-state index < -0.39 is 0 Å². The lowest BCUT2D eigenvalue weighted by molar-refractivity contribution is -0.421. The molecule has 3 fully saturated rings. The second-order valence-corrected chi connectivity index (χ2v) is 8.63. The Kier molecular flexibility index (Phi) is 4.38. The van der Waals surface area contributed by atoms with Crippen LogP contribution in [-0.2, 0) is 4.79 Å². The van der Waals surface area contributed by atoms with Crippen molar-refractivity contribution in [2.24, 2.45) is 0 Å². The second-order valence-electron chi connectivity index (χ2n) is 8.63. The molecule has 0 aromatic carbocycles. The molecule has 144 valence electrons. The lowest BCUT2D eigenvalue weighted by Crippen LogP contribution is -2.51. The van der Waals surface area contributed by atoms with Crippen molar-refractivity contribution in [2.75, 3.05) is 25.0 Å². The van der Waals surface area contributed by atoms with Crippen LogP contribution in [-0.4, -0.2) is 59.4 Å². The van der Waals surface area contributed by atoms with Crippen LogP contribution in [0.2, 0.25) is 0 Å². The van der Waals surface area contributed by atoms with Gasteiger partial charge in [0, 0.05) is 37.3 Å². The molecule has 2 bridgehead atoms. The van der Waals surface area contributed by atoms with Gasteiger partial charge in [0.05, 0.1) is 7.05 Å². The first-order valence-corrected chi connectivity index (χ1v) is 10.6. The Morgan fingerprint density at radius 3 is 2.56 bits per heavy atom. The molecule has 1 aromatic heterocycles. The van der Waals surface area contributed by atoms with Crippen molar-refractivity contribution >= 4 is 23.3 Å². The third-order valence-corrected chi connectivity index (χ3v) is 6.72. The van der Waals surface area contributed by atoms with E-state index in [0.29, 0.717) is 18.1 Å². The van der Waals surface area contributed by atoms with Crippen LogP contribution >= 0.6 is 0 Å². The Morgan fingerprint density at radius 2 is 1.85 bits per heavy atom. The molecule has 2 unspecified atom stereocenters. The summed E-state index contributed by atoms with van der Waals surface area (Å²) in [6, 6.07) is 5.65. The lowest BCUT2D eigenvalue weighted by atomic mass is 9.98. The summed E-state index contributed by atoms with van der Waals surface area (Å²) < 4.78 is 1.96. The highest BCUT2D eigenvalue weighted by Gasteiger charge is 2.41. The minimum atomic E-state index is 0.0561. The van der Waals surface area contributed by atoms with Crippen molar-refractivity contribution in [3.05, 3.63) is 17.7 Å². The largest absolute Gasteiger partial charge is 0.346 e. The predicted molar refractivity (Wildman–Crippen MR) is 106 cm³/mol. The summed E-state index contributed by atoms with van der Waals surface area (Å²) in [5.41, 5.74) is 1.76. The molecule has 0 aliphatic carbocycles. The minimum Gasteiger partial charge on any atom is -0.346 e. The van der Waals surface area contributed by atoms with Crippen LogP contribution in [0, 0.1) is 0 Å². The zero-order valence-corrected chi connectivity index (χ0v) is 16.2. The summed E-state index contributed by atoms with van der Waals surface area (Å²) in [5, 5.41) is 6.92. The van der Waals surface area contributed by atoms with Crippen LogP contribution in [0.4, 0.5) is 11.6 Å². The fourth-order valence-corrected chi connectivity index (χ4v) is 5.29. The minimum absolute atomic E-state index is 0.0561. The maximum atomic E-state index is 12.9. The van der Waals surface area contributed by atoms with Gasteiger partial charge in [0.1, 0.15) is 5.56 Å². The van der Waals surface area contributed by atoms with Crippen LogP contribution < -0.4 is 15.5 Å². The number of anilines is 1. The summed E-state index contributed by atoms with van der Waals surface area (Å²) in [6.45, 7) is 2.18. The Labute approximate surface area is 161 Å². The van der Waals surface area contributed by atoms with Crippen molar-refractivity contribution in [3.63, 3.8) is 0 Å². The highest BCUT2D eigenvalue weighted by Crippen LogP contribution is 2.31. The molecule has 5 heterocycles. The van der Waals surface area contributed by atoms with E-state index in [-0.39, 0.29) is 5.91 Å². The third-order valence-electron chi connectivity index (χ3n) is 6.72. The number of fused-ring (bicyclic) bond motifs is 3. The molecule has 6 nitrogen and oxygen atoms in total. The number of amides is 1. The van der Waals surface area contributed by atoms with E-state index in [1.807, 2.05) is 11.6 Å². The average Bonchev–Trinajstić information content (AvgIpc) is 2.86. The van der Waals surface area contributed by atoms with E-state index in [2.05, 4.69) is 27.7 Å². The van der Waals surface area contributed by atoms with E-state index in [4.69, 9.17) is 4.98 Å². The smallest absolute Gasteiger partial charge is 0.337 e. The number of rotatable bonds is 3. The molecule has 0 spiro atoms. The lowest BCUT2D eigenvalue weighted by Gasteiger charge is -2.30. The zero-order valence-electron chi connectivity index (χ0n) is 16.2. The summed E-state index contributed by atoms with van der Waals surface area (Å²) in [4.78, 5) is 20.1. The molecular formula is C21H30N5O+. The van der Waals surface area contributed by atoms with Gasteiger partial charge in [-0.25, -0.2) is 4.58 Å². The number of piperidine rings is 1. The van der Waals surface area contributed by atoms with Gasteiger partial charge in [0.25, 0.3) is 5.91 Å². The molecule has 5 rings (SSSR count). The van der Waals surface area contributed by atoms with Crippen molar-refractivity contribution in [1.29, 1.82) is 0 Å². The Morgan fingerprint density at radius 1 is 1.15 bits per heavy atom. The van der Waals surface area contributed by atoms with Gasteiger partial charge < -0.3 is 15.5 Å². The maximum absolute atomic E-state index is 12.9. The number of pyridine rings is 1. The molecule has 4 aliphatic rings. The quantitative estimate of drug-likeness (QED) is 0.801. The van der Waals surface area contributed by atoms with Gasteiger partial charge in [-0.3, -0.25) is 4.79 Å². The van der Waals surface area contributed by atoms with Gasteiger partial charge in [0.2, 0.25) is 11.5 Å². The van der Waals surface area contributed by atoms with Crippen molar-refractivity contribution in [1.82, 2.24) is 15.6 Å². The second kappa shape index (κ2) is 6.89. The first kappa shape index (κ1) is 17.2. The van der Waals surface area contributed by atoms with Crippen molar-refractivity contribution in [3.8, 4) is 0 Å². The summed E-state index contributed by atoms with van der Waals surface area (Å²) >= 11 is 0. The van der Waals surface area contributed by atoms with Gasteiger partial charge in [0.15, 0.2) is 0 Å². The molecule has 1 aromatic rings. The number of carbonyl (C=O) groups excluding carboxylic acids is 1. The molecule has 0 saturated carbocycles. The van der Waals surface area contributed by atoms with E-state index in [9.17, 15) is 4.79 Å². The fraction of sp³-hybridized carbons (Fsp3) is 0.667. The van der Waals surface area contributed by atoms with E-state index in [1.54, 1.807) is 0 Å². The van der Waals surface area contributed by atoms with Gasteiger partial charge in [-0.1, -0.05) is 12.8 Å². The van der Waals surface area contributed by atoms with Gasteiger partial charge >= 0.3 is 5.82 Å².